The first-order valence-electron chi connectivity index (χ1n) is 5.18. The van der Waals surface area contributed by atoms with Crippen LogP contribution in [0, 0.1) is 6.92 Å². The van der Waals surface area contributed by atoms with Crippen LogP contribution in [0.5, 0.6) is 11.6 Å². The van der Waals surface area contributed by atoms with Crippen LogP contribution < -0.4 is 10.5 Å². The summed E-state index contributed by atoms with van der Waals surface area (Å²) in [4.78, 5) is 4.19. The van der Waals surface area contributed by atoms with Crippen LogP contribution in [-0.4, -0.2) is 4.98 Å². The zero-order valence-electron chi connectivity index (χ0n) is 9.18. The lowest BCUT2D eigenvalue weighted by molar-refractivity contribution is 0.453. The van der Waals surface area contributed by atoms with E-state index in [0.29, 0.717) is 12.4 Å². The molecule has 1 aromatic carbocycles. The fourth-order valence-corrected chi connectivity index (χ4v) is 1.45. The molecule has 82 valence electrons. The monoisotopic (exact) mass is 214 g/mol. The predicted molar refractivity (Wildman–Crippen MR) is 63.4 cm³/mol. The van der Waals surface area contributed by atoms with E-state index in [1.54, 1.807) is 6.20 Å². The van der Waals surface area contributed by atoms with E-state index in [2.05, 4.69) is 4.98 Å². The minimum atomic E-state index is 0.460. The Morgan fingerprint density at radius 1 is 1.19 bits per heavy atom. The Bertz CT molecular complexity index is 483. The number of nitrogens with zero attached hydrogens (tertiary/aromatic N) is 1. The quantitative estimate of drug-likeness (QED) is 0.854. The van der Waals surface area contributed by atoms with Crippen molar-refractivity contribution in [3.63, 3.8) is 0 Å². The number of pyridine rings is 1. The summed E-state index contributed by atoms with van der Waals surface area (Å²) < 4.78 is 5.74. The Balaban J connectivity index is 2.30. The van der Waals surface area contributed by atoms with Crippen molar-refractivity contribution in [2.24, 2.45) is 5.73 Å². The zero-order valence-corrected chi connectivity index (χ0v) is 9.18. The fraction of sp³-hybridized carbons (Fsp3) is 0.154. The number of aromatic nitrogens is 1. The van der Waals surface area contributed by atoms with E-state index < -0.39 is 0 Å². The van der Waals surface area contributed by atoms with Crippen LogP contribution in [-0.2, 0) is 6.54 Å². The first-order valence-corrected chi connectivity index (χ1v) is 5.18. The average Bonchev–Trinajstić information content (AvgIpc) is 2.33. The molecule has 0 saturated heterocycles. The lowest BCUT2D eigenvalue weighted by atomic mass is 10.2. The number of nitrogens with two attached hydrogens (primary N) is 1. The van der Waals surface area contributed by atoms with Gasteiger partial charge in [0.25, 0.3) is 0 Å². The van der Waals surface area contributed by atoms with Crippen LogP contribution in [0.25, 0.3) is 0 Å². The number of benzene rings is 1. The van der Waals surface area contributed by atoms with E-state index in [4.69, 9.17) is 10.5 Å². The molecule has 0 fully saturated rings. The van der Waals surface area contributed by atoms with Crippen LogP contribution >= 0.6 is 0 Å². The molecule has 0 radical (unpaired) electrons. The van der Waals surface area contributed by atoms with Crippen LogP contribution in [0.1, 0.15) is 11.1 Å². The van der Waals surface area contributed by atoms with Gasteiger partial charge < -0.3 is 10.5 Å². The Morgan fingerprint density at radius 3 is 2.75 bits per heavy atom. The van der Waals surface area contributed by atoms with Gasteiger partial charge in [0.2, 0.25) is 5.88 Å². The number of hydrogen-bond acceptors (Lipinski definition) is 3. The summed E-state index contributed by atoms with van der Waals surface area (Å²) in [7, 11) is 0. The van der Waals surface area contributed by atoms with Gasteiger partial charge in [-0.2, -0.15) is 0 Å². The lowest BCUT2D eigenvalue weighted by Crippen LogP contribution is -2.00. The summed E-state index contributed by atoms with van der Waals surface area (Å²) in [6, 6.07) is 11.6. The minimum absolute atomic E-state index is 0.460. The van der Waals surface area contributed by atoms with Crippen LogP contribution in [0.15, 0.2) is 42.6 Å². The highest BCUT2D eigenvalue weighted by atomic mass is 16.5. The van der Waals surface area contributed by atoms with E-state index in [9.17, 15) is 0 Å². The molecule has 16 heavy (non-hydrogen) atoms. The van der Waals surface area contributed by atoms with Crippen molar-refractivity contribution in [2.45, 2.75) is 13.5 Å². The molecule has 0 aliphatic rings. The molecule has 0 bridgehead atoms. The third-order valence-corrected chi connectivity index (χ3v) is 2.36. The smallest absolute Gasteiger partial charge is 0.222 e. The predicted octanol–water partition coefficient (Wildman–Crippen LogP) is 2.64. The van der Waals surface area contributed by atoms with Crippen molar-refractivity contribution in [2.75, 3.05) is 0 Å². The van der Waals surface area contributed by atoms with Gasteiger partial charge in [-0.25, -0.2) is 4.98 Å². The fourth-order valence-electron chi connectivity index (χ4n) is 1.45. The molecule has 2 aromatic rings. The topological polar surface area (TPSA) is 48.1 Å². The molecule has 0 saturated carbocycles. The third-order valence-electron chi connectivity index (χ3n) is 2.36. The van der Waals surface area contributed by atoms with Gasteiger partial charge in [-0.1, -0.05) is 24.3 Å². The molecule has 0 spiro atoms. The van der Waals surface area contributed by atoms with Crippen molar-refractivity contribution in [1.82, 2.24) is 4.98 Å². The number of hydrogen-bond donors (Lipinski definition) is 1. The van der Waals surface area contributed by atoms with Gasteiger partial charge in [0.1, 0.15) is 5.75 Å². The molecule has 0 aliphatic carbocycles. The second-order valence-electron chi connectivity index (χ2n) is 3.54. The molecule has 0 atom stereocenters. The van der Waals surface area contributed by atoms with E-state index in [-0.39, 0.29) is 0 Å². The summed E-state index contributed by atoms with van der Waals surface area (Å²) >= 11 is 0. The second kappa shape index (κ2) is 4.77. The van der Waals surface area contributed by atoms with Gasteiger partial charge in [0, 0.05) is 23.9 Å². The van der Waals surface area contributed by atoms with Gasteiger partial charge >= 0.3 is 0 Å². The van der Waals surface area contributed by atoms with Crippen molar-refractivity contribution >= 4 is 0 Å². The molecule has 1 aromatic heterocycles. The molecular formula is C13H14N2O. The Morgan fingerprint density at radius 2 is 2.00 bits per heavy atom. The van der Waals surface area contributed by atoms with Gasteiger partial charge in [-0.05, 0) is 19.1 Å². The molecule has 1 heterocycles. The summed E-state index contributed by atoms with van der Waals surface area (Å²) in [5, 5.41) is 0. The van der Waals surface area contributed by atoms with Gasteiger partial charge in [-0.3, -0.25) is 0 Å². The maximum Gasteiger partial charge on any atom is 0.222 e. The highest BCUT2D eigenvalue weighted by Crippen LogP contribution is 2.25. The minimum Gasteiger partial charge on any atom is -0.438 e. The second-order valence-corrected chi connectivity index (χ2v) is 3.54. The number of para-hydroxylation sites is 1. The molecule has 2 N–H and O–H groups in total. The van der Waals surface area contributed by atoms with Crippen molar-refractivity contribution in [3.8, 4) is 11.6 Å². The number of ether oxygens (including phenoxy) is 1. The van der Waals surface area contributed by atoms with Crippen molar-refractivity contribution in [3.05, 3.63) is 53.7 Å². The summed E-state index contributed by atoms with van der Waals surface area (Å²) in [6.07, 6.45) is 1.72. The highest BCUT2D eigenvalue weighted by Gasteiger charge is 2.05. The van der Waals surface area contributed by atoms with Crippen molar-refractivity contribution in [1.29, 1.82) is 0 Å². The maximum atomic E-state index is 5.74. The first kappa shape index (κ1) is 10.6. The standard InChI is InChI=1S/C13H14N2O/c1-10-5-4-8-15-13(10)16-12-7-3-2-6-11(12)9-14/h2-8H,9,14H2,1H3. The molecular weight excluding hydrogens is 200 g/mol. The largest absolute Gasteiger partial charge is 0.438 e. The first-order chi connectivity index (χ1) is 7.81. The van der Waals surface area contributed by atoms with Crippen molar-refractivity contribution < 1.29 is 4.74 Å². The number of aryl methyl sites for hydroxylation is 1. The van der Waals surface area contributed by atoms with Crippen LogP contribution in [0.4, 0.5) is 0 Å². The Hall–Kier alpha value is -1.87. The number of rotatable bonds is 3. The molecule has 3 heteroatoms. The van der Waals surface area contributed by atoms with Crippen LogP contribution in [0.3, 0.4) is 0 Å². The Labute approximate surface area is 94.9 Å². The van der Waals surface area contributed by atoms with Gasteiger partial charge in [-0.15, -0.1) is 0 Å². The highest BCUT2D eigenvalue weighted by molar-refractivity contribution is 5.37. The normalized spacial score (nSPS) is 10.1. The van der Waals surface area contributed by atoms with Crippen LogP contribution in [0.2, 0.25) is 0 Å². The average molecular weight is 214 g/mol. The Kier molecular flexibility index (Phi) is 3.17. The van der Waals surface area contributed by atoms with E-state index >= 15 is 0 Å². The zero-order chi connectivity index (χ0) is 11.4. The molecule has 3 nitrogen and oxygen atoms in total. The summed E-state index contributed by atoms with van der Waals surface area (Å²) in [6.45, 7) is 2.43. The van der Waals surface area contributed by atoms with Gasteiger partial charge in [0.05, 0.1) is 0 Å². The third kappa shape index (κ3) is 2.20. The van der Waals surface area contributed by atoms with E-state index in [1.807, 2.05) is 43.3 Å². The SMILES string of the molecule is Cc1cccnc1Oc1ccccc1CN. The molecule has 0 aliphatic heterocycles. The van der Waals surface area contributed by atoms with E-state index in [1.165, 1.54) is 0 Å². The molecule has 2 rings (SSSR count). The molecule has 0 unspecified atom stereocenters. The lowest BCUT2D eigenvalue weighted by Gasteiger charge is -2.10. The summed E-state index contributed by atoms with van der Waals surface area (Å²) in [5.41, 5.74) is 7.63. The van der Waals surface area contributed by atoms with Gasteiger partial charge in [0.15, 0.2) is 0 Å². The van der Waals surface area contributed by atoms with E-state index in [0.717, 1.165) is 16.9 Å². The summed E-state index contributed by atoms with van der Waals surface area (Å²) in [5.74, 6) is 1.40. The molecule has 0 amide bonds. The maximum absolute atomic E-state index is 5.74.